The average Bonchev–Trinajstić information content (AvgIpc) is 1.99. The smallest absolute Gasteiger partial charge is 0.236 e. The SMILES string of the molecule is Cc1ccc(Cl)c([C]=O)c1Cl. The van der Waals surface area contributed by atoms with E-state index in [0.717, 1.165) is 5.56 Å². The van der Waals surface area contributed by atoms with Crippen molar-refractivity contribution in [3.05, 3.63) is 33.3 Å². The molecule has 57 valence electrons. The molecule has 0 amide bonds. The van der Waals surface area contributed by atoms with Gasteiger partial charge in [-0.05, 0) is 18.6 Å². The van der Waals surface area contributed by atoms with E-state index in [1.54, 1.807) is 25.3 Å². The average molecular weight is 188 g/mol. The molecule has 3 heteroatoms. The van der Waals surface area contributed by atoms with Crippen LogP contribution in [0.1, 0.15) is 11.1 Å². The highest BCUT2D eigenvalue weighted by atomic mass is 35.5. The minimum absolute atomic E-state index is 0.244. The molecule has 0 aliphatic heterocycles. The summed E-state index contributed by atoms with van der Waals surface area (Å²) in [6, 6.07) is 3.38. The summed E-state index contributed by atoms with van der Waals surface area (Å²) >= 11 is 11.4. The topological polar surface area (TPSA) is 17.1 Å². The molecule has 0 heterocycles. The molecule has 0 fully saturated rings. The van der Waals surface area contributed by atoms with E-state index >= 15 is 0 Å². The Bertz CT molecular complexity index is 294. The van der Waals surface area contributed by atoms with E-state index in [4.69, 9.17) is 23.2 Å². The van der Waals surface area contributed by atoms with Gasteiger partial charge in [-0.15, -0.1) is 0 Å². The Morgan fingerprint density at radius 3 is 2.45 bits per heavy atom. The second-order valence-electron chi connectivity index (χ2n) is 2.16. The van der Waals surface area contributed by atoms with Gasteiger partial charge in [0.15, 0.2) is 0 Å². The fourth-order valence-electron chi connectivity index (χ4n) is 0.750. The largest absolute Gasteiger partial charge is 0.285 e. The van der Waals surface area contributed by atoms with E-state index < -0.39 is 0 Å². The van der Waals surface area contributed by atoms with Crippen LogP contribution in [-0.4, -0.2) is 6.29 Å². The van der Waals surface area contributed by atoms with Crippen LogP contribution in [0.5, 0.6) is 0 Å². The number of benzene rings is 1. The first-order valence-electron chi connectivity index (χ1n) is 2.99. The van der Waals surface area contributed by atoms with Gasteiger partial charge in [-0.25, -0.2) is 0 Å². The van der Waals surface area contributed by atoms with Gasteiger partial charge in [0.2, 0.25) is 6.29 Å². The minimum atomic E-state index is 0.244. The van der Waals surface area contributed by atoms with Crippen LogP contribution in [0.3, 0.4) is 0 Å². The second-order valence-corrected chi connectivity index (χ2v) is 2.94. The summed E-state index contributed by atoms with van der Waals surface area (Å²) in [5, 5.41) is 0.725. The zero-order chi connectivity index (χ0) is 8.43. The number of carbonyl (C=O) groups excluding carboxylic acids is 1. The molecule has 0 saturated heterocycles. The maximum Gasteiger partial charge on any atom is 0.236 e. The van der Waals surface area contributed by atoms with Crippen molar-refractivity contribution in [3.63, 3.8) is 0 Å². The van der Waals surface area contributed by atoms with Crippen molar-refractivity contribution in [2.24, 2.45) is 0 Å². The van der Waals surface area contributed by atoms with Crippen LogP contribution in [0.2, 0.25) is 10.0 Å². The van der Waals surface area contributed by atoms with E-state index in [-0.39, 0.29) is 5.56 Å². The monoisotopic (exact) mass is 187 g/mol. The Labute approximate surface area is 74.9 Å². The number of hydrogen-bond acceptors (Lipinski definition) is 1. The van der Waals surface area contributed by atoms with E-state index in [2.05, 4.69) is 0 Å². The maximum absolute atomic E-state index is 10.3. The van der Waals surface area contributed by atoms with E-state index in [1.165, 1.54) is 0 Å². The van der Waals surface area contributed by atoms with Crippen molar-refractivity contribution >= 4 is 29.5 Å². The molecule has 0 spiro atoms. The number of rotatable bonds is 1. The highest BCUT2D eigenvalue weighted by molar-refractivity contribution is 6.38. The van der Waals surface area contributed by atoms with Crippen LogP contribution >= 0.6 is 23.2 Å². The Hall–Kier alpha value is -0.530. The Balaban J connectivity index is 3.40. The van der Waals surface area contributed by atoms with E-state index in [1.807, 2.05) is 0 Å². The Kier molecular flexibility index (Phi) is 2.53. The molecule has 0 aliphatic carbocycles. The van der Waals surface area contributed by atoms with Crippen LogP contribution in [-0.2, 0) is 4.79 Å². The molecular formula is C8H5Cl2O. The molecule has 0 aromatic heterocycles. The molecule has 0 unspecified atom stereocenters. The van der Waals surface area contributed by atoms with Gasteiger partial charge in [0.05, 0.1) is 15.6 Å². The zero-order valence-corrected chi connectivity index (χ0v) is 7.33. The maximum atomic E-state index is 10.3. The second kappa shape index (κ2) is 3.24. The third kappa shape index (κ3) is 1.55. The van der Waals surface area contributed by atoms with Crippen molar-refractivity contribution in [1.82, 2.24) is 0 Å². The Morgan fingerprint density at radius 1 is 1.36 bits per heavy atom. The molecule has 0 aliphatic rings. The third-order valence-corrected chi connectivity index (χ3v) is 2.19. The highest BCUT2D eigenvalue weighted by Crippen LogP contribution is 2.25. The van der Waals surface area contributed by atoms with Crippen LogP contribution in [0.25, 0.3) is 0 Å². The predicted molar refractivity (Wildman–Crippen MR) is 46.0 cm³/mol. The fraction of sp³-hybridized carbons (Fsp3) is 0.125. The van der Waals surface area contributed by atoms with Gasteiger partial charge >= 0.3 is 0 Å². The van der Waals surface area contributed by atoms with Crippen LogP contribution < -0.4 is 0 Å². The van der Waals surface area contributed by atoms with Gasteiger partial charge in [-0.1, -0.05) is 29.3 Å². The number of hydrogen-bond donors (Lipinski definition) is 0. The summed E-state index contributed by atoms with van der Waals surface area (Å²) < 4.78 is 0. The van der Waals surface area contributed by atoms with Crippen molar-refractivity contribution < 1.29 is 4.79 Å². The molecule has 0 atom stereocenters. The van der Waals surface area contributed by atoms with Crippen LogP contribution in [0.15, 0.2) is 12.1 Å². The zero-order valence-electron chi connectivity index (χ0n) is 5.82. The van der Waals surface area contributed by atoms with Crippen molar-refractivity contribution in [2.75, 3.05) is 0 Å². The summed E-state index contributed by atoms with van der Waals surface area (Å²) in [6.45, 7) is 1.81. The van der Waals surface area contributed by atoms with Gasteiger partial charge in [-0.2, -0.15) is 0 Å². The van der Waals surface area contributed by atoms with Crippen LogP contribution in [0.4, 0.5) is 0 Å². The van der Waals surface area contributed by atoms with Gasteiger partial charge in [-0.3, -0.25) is 4.79 Å². The fourth-order valence-corrected chi connectivity index (χ4v) is 1.20. The van der Waals surface area contributed by atoms with Crippen molar-refractivity contribution in [3.8, 4) is 0 Å². The molecule has 1 nitrogen and oxygen atoms in total. The highest BCUT2D eigenvalue weighted by Gasteiger charge is 2.06. The summed E-state index contributed by atoms with van der Waals surface area (Å²) in [7, 11) is 0. The lowest BCUT2D eigenvalue weighted by Crippen LogP contribution is -1.86. The summed E-state index contributed by atoms with van der Waals surface area (Å²) in [5.74, 6) is 0. The van der Waals surface area contributed by atoms with Crippen LogP contribution in [0, 0.1) is 6.92 Å². The molecule has 1 aromatic rings. The standard InChI is InChI=1S/C8H5Cl2O/c1-5-2-3-7(9)6(4-11)8(5)10/h2-3H,1H3. The van der Waals surface area contributed by atoms with Gasteiger partial charge in [0, 0.05) is 0 Å². The van der Waals surface area contributed by atoms with Crippen molar-refractivity contribution in [2.45, 2.75) is 6.92 Å². The summed E-state index contributed by atoms with van der Waals surface area (Å²) in [5.41, 5.74) is 1.07. The molecule has 1 radical (unpaired) electrons. The lowest BCUT2D eigenvalue weighted by molar-refractivity contribution is 0.563. The normalized spacial score (nSPS) is 9.73. The first-order chi connectivity index (χ1) is 5.16. The van der Waals surface area contributed by atoms with E-state index in [0.29, 0.717) is 10.0 Å². The molecule has 1 rings (SSSR count). The summed E-state index contributed by atoms with van der Waals surface area (Å²) in [6.07, 6.45) is 1.69. The first kappa shape index (κ1) is 8.57. The number of halogens is 2. The molecule has 0 saturated carbocycles. The molecule has 11 heavy (non-hydrogen) atoms. The quantitative estimate of drug-likeness (QED) is 0.662. The van der Waals surface area contributed by atoms with Gasteiger partial charge in [0.25, 0.3) is 0 Å². The lowest BCUT2D eigenvalue weighted by atomic mass is 10.1. The van der Waals surface area contributed by atoms with E-state index in [9.17, 15) is 4.79 Å². The Morgan fingerprint density at radius 2 is 2.00 bits per heavy atom. The van der Waals surface area contributed by atoms with Gasteiger partial charge in [0.1, 0.15) is 0 Å². The summed E-state index contributed by atoms with van der Waals surface area (Å²) in [4.78, 5) is 10.3. The predicted octanol–water partition coefficient (Wildman–Crippen LogP) is 2.76. The lowest BCUT2D eigenvalue weighted by Gasteiger charge is -2.00. The molecule has 0 bridgehead atoms. The number of aryl methyl sites for hydroxylation is 1. The minimum Gasteiger partial charge on any atom is -0.285 e. The molecule has 0 N–H and O–H groups in total. The first-order valence-corrected chi connectivity index (χ1v) is 3.75. The van der Waals surface area contributed by atoms with Crippen molar-refractivity contribution in [1.29, 1.82) is 0 Å². The third-order valence-electron chi connectivity index (χ3n) is 1.39. The molecular weight excluding hydrogens is 183 g/mol. The molecule has 1 aromatic carbocycles. The van der Waals surface area contributed by atoms with Gasteiger partial charge < -0.3 is 0 Å².